The highest BCUT2D eigenvalue weighted by molar-refractivity contribution is 6.00. The molecule has 7 nitrogen and oxygen atoms in total. The third-order valence-electron chi connectivity index (χ3n) is 7.41. The molecule has 0 saturated heterocycles. The van der Waals surface area contributed by atoms with Crippen molar-refractivity contribution in [1.29, 1.82) is 0 Å². The minimum Gasteiger partial charge on any atom is -0.444 e. The number of ether oxygens (including phenoxy) is 1. The van der Waals surface area contributed by atoms with Crippen LogP contribution in [0.3, 0.4) is 0 Å². The van der Waals surface area contributed by atoms with Crippen LogP contribution in [0.5, 0.6) is 0 Å². The summed E-state index contributed by atoms with van der Waals surface area (Å²) in [5.74, 6) is 1.71. The first-order valence-corrected chi connectivity index (χ1v) is 15.1. The predicted molar refractivity (Wildman–Crippen MR) is 174 cm³/mol. The van der Waals surface area contributed by atoms with E-state index in [0.717, 1.165) is 23.6 Å². The fourth-order valence-corrected chi connectivity index (χ4v) is 4.91. The number of hydrogen-bond acceptors (Lipinski definition) is 4. The van der Waals surface area contributed by atoms with Gasteiger partial charge in [0.05, 0.1) is 0 Å². The number of hydrogen-bond donors (Lipinski definition) is 2. The molecule has 3 amide bonds. The summed E-state index contributed by atoms with van der Waals surface area (Å²) in [6, 6.07) is 18.9. The van der Waals surface area contributed by atoms with Crippen LogP contribution < -0.4 is 10.6 Å². The number of anilines is 1. The molecular weight excluding hydrogens is 538 g/mol. The second kappa shape index (κ2) is 15.2. The van der Waals surface area contributed by atoms with E-state index in [0.29, 0.717) is 36.2 Å². The molecule has 3 aromatic rings. The molecule has 0 heterocycles. The lowest BCUT2D eigenvalue weighted by atomic mass is 9.95. The first-order chi connectivity index (χ1) is 20.5. The summed E-state index contributed by atoms with van der Waals surface area (Å²) in [4.78, 5) is 43.1. The van der Waals surface area contributed by atoms with Gasteiger partial charge in [-0.1, -0.05) is 88.4 Å². The summed E-state index contributed by atoms with van der Waals surface area (Å²) in [6.45, 7) is 11.6. The Hall–Kier alpha value is -4.31. The quantitative estimate of drug-likeness (QED) is 0.171. The van der Waals surface area contributed by atoms with Gasteiger partial charge in [0.1, 0.15) is 17.7 Å². The third-order valence-corrected chi connectivity index (χ3v) is 7.41. The third kappa shape index (κ3) is 9.34. The number of carbonyl (C=O) groups is 3. The highest BCUT2D eigenvalue weighted by Gasteiger charge is 2.38. The number of carbonyl (C=O) groups excluding carboxylic acids is 3. The molecule has 2 N–H and O–H groups in total. The molecule has 0 radical (unpaired) electrons. The highest BCUT2D eigenvalue weighted by Crippen LogP contribution is 2.28. The molecule has 228 valence electrons. The van der Waals surface area contributed by atoms with Gasteiger partial charge in [0.2, 0.25) is 5.91 Å². The van der Waals surface area contributed by atoms with Gasteiger partial charge in [-0.25, -0.2) is 4.79 Å². The molecule has 0 aliphatic carbocycles. The van der Waals surface area contributed by atoms with E-state index in [9.17, 15) is 14.4 Å². The van der Waals surface area contributed by atoms with Crippen molar-refractivity contribution in [2.45, 2.75) is 84.9 Å². The van der Waals surface area contributed by atoms with Crippen LogP contribution in [-0.4, -0.2) is 41.0 Å². The summed E-state index contributed by atoms with van der Waals surface area (Å²) in [7, 11) is 0. The Labute approximate surface area is 256 Å². The van der Waals surface area contributed by atoms with E-state index in [-0.39, 0.29) is 17.7 Å². The fraction of sp³-hybridized carbons (Fsp3) is 0.417. The minimum atomic E-state index is -0.963. The molecule has 0 aliphatic heterocycles. The van der Waals surface area contributed by atoms with Crippen LogP contribution in [0, 0.1) is 18.3 Å². The number of fused-ring (bicyclic) bond motifs is 1. The number of terminal acetylenes is 1. The maximum absolute atomic E-state index is 14.5. The fourth-order valence-electron chi connectivity index (χ4n) is 4.91. The molecule has 3 aromatic carbocycles. The Kier molecular flexibility index (Phi) is 11.8. The second-order valence-corrected chi connectivity index (χ2v) is 12.0. The molecule has 3 unspecified atom stereocenters. The van der Waals surface area contributed by atoms with Gasteiger partial charge in [-0.15, -0.1) is 6.42 Å². The molecule has 0 aliphatic rings. The summed E-state index contributed by atoms with van der Waals surface area (Å²) in [5, 5.41) is 7.92. The molecule has 3 rings (SSSR count). The van der Waals surface area contributed by atoms with Gasteiger partial charge in [0.25, 0.3) is 5.91 Å². The average Bonchev–Trinajstić information content (AvgIpc) is 2.98. The molecule has 7 heteroatoms. The lowest BCUT2D eigenvalue weighted by Gasteiger charge is -2.36. The number of unbranched alkanes of at least 4 members (excludes halogenated alkanes) is 2. The Balaban J connectivity index is 2.06. The lowest BCUT2D eigenvalue weighted by Crippen LogP contribution is -2.55. The Morgan fingerprint density at radius 3 is 2.23 bits per heavy atom. The van der Waals surface area contributed by atoms with Gasteiger partial charge < -0.3 is 20.3 Å². The minimum absolute atomic E-state index is 0.207. The molecule has 0 aromatic heterocycles. The number of alkyl carbamates (subject to hydrolysis) is 1. The van der Waals surface area contributed by atoms with Crippen LogP contribution in [0.4, 0.5) is 10.5 Å². The number of nitrogens with one attached hydrogen (secondary N) is 2. The van der Waals surface area contributed by atoms with Crippen molar-refractivity contribution in [3.63, 3.8) is 0 Å². The van der Waals surface area contributed by atoms with Crippen LogP contribution >= 0.6 is 0 Å². The van der Waals surface area contributed by atoms with Crippen LogP contribution in [0.25, 0.3) is 10.8 Å². The van der Waals surface area contributed by atoms with E-state index < -0.39 is 23.8 Å². The molecule has 0 bridgehead atoms. The number of nitrogens with zero attached hydrogens (tertiary/aromatic N) is 1. The Bertz CT molecular complexity index is 1440. The van der Waals surface area contributed by atoms with Gasteiger partial charge in [0.15, 0.2) is 0 Å². The zero-order valence-corrected chi connectivity index (χ0v) is 26.3. The van der Waals surface area contributed by atoms with Crippen molar-refractivity contribution in [3.05, 3.63) is 77.9 Å². The Morgan fingerprint density at radius 1 is 0.953 bits per heavy atom. The topological polar surface area (TPSA) is 87.7 Å². The average molecular weight is 584 g/mol. The molecule has 3 atom stereocenters. The van der Waals surface area contributed by atoms with Gasteiger partial charge in [-0.3, -0.25) is 9.59 Å². The largest absolute Gasteiger partial charge is 0.444 e. The maximum atomic E-state index is 14.5. The zero-order chi connectivity index (χ0) is 31.6. The van der Waals surface area contributed by atoms with Crippen molar-refractivity contribution >= 4 is 34.4 Å². The van der Waals surface area contributed by atoms with Crippen molar-refractivity contribution < 1.29 is 19.1 Å². The first kappa shape index (κ1) is 33.2. The maximum Gasteiger partial charge on any atom is 0.408 e. The Morgan fingerprint density at radius 2 is 1.63 bits per heavy atom. The summed E-state index contributed by atoms with van der Waals surface area (Å²) in [5.41, 5.74) is 1.20. The van der Waals surface area contributed by atoms with E-state index >= 15 is 0 Å². The van der Waals surface area contributed by atoms with Crippen LogP contribution in [0.15, 0.2) is 66.7 Å². The van der Waals surface area contributed by atoms with E-state index in [1.165, 1.54) is 0 Å². The number of rotatable bonds is 12. The normalized spacial score (nSPS) is 13.3. The van der Waals surface area contributed by atoms with E-state index in [1.54, 1.807) is 49.9 Å². The van der Waals surface area contributed by atoms with Crippen LogP contribution in [0.2, 0.25) is 0 Å². The van der Waals surface area contributed by atoms with Crippen molar-refractivity contribution in [2.75, 3.05) is 11.9 Å². The lowest BCUT2D eigenvalue weighted by molar-refractivity contribution is -0.142. The van der Waals surface area contributed by atoms with Crippen molar-refractivity contribution in [3.8, 4) is 12.3 Å². The summed E-state index contributed by atoms with van der Waals surface area (Å²) >= 11 is 0. The van der Waals surface area contributed by atoms with E-state index in [4.69, 9.17) is 11.2 Å². The summed E-state index contributed by atoms with van der Waals surface area (Å²) in [6.07, 6.45) is 8.09. The number of amides is 3. The van der Waals surface area contributed by atoms with Gasteiger partial charge in [-0.05, 0) is 73.7 Å². The number of benzene rings is 3. The molecule has 0 spiro atoms. The highest BCUT2D eigenvalue weighted by atomic mass is 16.6. The van der Waals surface area contributed by atoms with E-state index in [1.807, 2.05) is 56.3 Å². The van der Waals surface area contributed by atoms with Gasteiger partial charge in [-0.2, -0.15) is 0 Å². The van der Waals surface area contributed by atoms with Crippen molar-refractivity contribution in [2.24, 2.45) is 5.92 Å². The van der Waals surface area contributed by atoms with E-state index in [2.05, 4.69) is 23.5 Å². The second-order valence-electron chi connectivity index (χ2n) is 12.0. The monoisotopic (exact) mass is 583 g/mol. The molecule has 43 heavy (non-hydrogen) atoms. The van der Waals surface area contributed by atoms with Crippen molar-refractivity contribution in [1.82, 2.24) is 10.2 Å². The molecular formula is C36H45N3O4. The molecule has 0 fully saturated rings. The smallest absolute Gasteiger partial charge is 0.408 e. The first-order valence-electron chi connectivity index (χ1n) is 15.1. The van der Waals surface area contributed by atoms with Gasteiger partial charge >= 0.3 is 6.09 Å². The SMILES string of the molecule is C#Cc1ccc(C(C(=O)Nc2ccc3ccccc3c2)N(CCCCC)C(=O)C(NC(=O)OC(C)(C)C)C(C)CC)cc1. The summed E-state index contributed by atoms with van der Waals surface area (Å²) < 4.78 is 5.50. The van der Waals surface area contributed by atoms with Gasteiger partial charge in [0, 0.05) is 17.8 Å². The molecule has 0 saturated carbocycles. The standard InChI is InChI=1S/C36H45N3O4/c1-8-11-14-23-39(34(41)31(25(4)9-2)38-35(42)43-36(5,6)7)32(28-19-17-26(10-3)18-20-28)33(40)37-30-22-21-27-15-12-13-16-29(27)24-30/h3,12-13,15-22,24-25,31-32H,8-9,11,14,23H2,1-2,4-7H3,(H,37,40)(H,38,42). The van der Waals surface area contributed by atoms with Crippen LogP contribution in [0.1, 0.15) is 84.4 Å². The predicted octanol–water partition coefficient (Wildman–Crippen LogP) is 7.46. The van der Waals surface area contributed by atoms with Crippen LogP contribution in [-0.2, 0) is 14.3 Å². The zero-order valence-electron chi connectivity index (χ0n) is 26.3.